The van der Waals surface area contributed by atoms with Crippen LogP contribution in [0.5, 0.6) is 0 Å². The van der Waals surface area contributed by atoms with Crippen molar-refractivity contribution in [2.45, 2.75) is 6.54 Å². The van der Waals surface area contributed by atoms with Crippen LogP contribution in [0.3, 0.4) is 0 Å². The van der Waals surface area contributed by atoms with Crippen LogP contribution in [0.4, 0.5) is 5.69 Å². The van der Waals surface area contributed by atoms with Gasteiger partial charge >= 0.3 is 0 Å². The Labute approximate surface area is 96.6 Å². The molecule has 1 aromatic rings. The van der Waals surface area contributed by atoms with Crippen LogP contribution < -0.4 is 5.32 Å². The van der Waals surface area contributed by atoms with Crippen LogP contribution in [0, 0.1) is 0 Å². The summed E-state index contributed by atoms with van der Waals surface area (Å²) in [6.45, 7) is 0.331. The Kier molecular flexibility index (Phi) is 4.25. The summed E-state index contributed by atoms with van der Waals surface area (Å²) < 4.78 is 3.54. The van der Waals surface area contributed by atoms with Crippen LogP contribution >= 0.6 is 23.2 Å². The van der Waals surface area contributed by atoms with Gasteiger partial charge < -0.3 is 5.32 Å². The summed E-state index contributed by atoms with van der Waals surface area (Å²) in [4.78, 5) is 10.1. The number of amides is 1. The molecule has 1 amide bonds. The van der Waals surface area contributed by atoms with Gasteiger partial charge in [0.15, 0.2) is 0 Å². The molecule has 0 unspecified atom stereocenters. The second-order valence-electron chi connectivity index (χ2n) is 2.46. The molecule has 0 aliphatic carbocycles. The Morgan fingerprint density at radius 3 is 2.79 bits per heavy atom. The molecule has 14 heavy (non-hydrogen) atoms. The predicted molar refractivity (Wildman–Crippen MR) is 58.8 cm³/mol. The van der Waals surface area contributed by atoms with E-state index < -0.39 is 0 Å². The monoisotopic (exact) mass is 248 g/mol. The number of carbonyl (C=O) groups excluding carboxylic acids is 1. The maximum atomic E-state index is 10.1. The molecule has 0 aliphatic rings. The zero-order valence-corrected chi connectivity index (χ0v) is 9.29. The molecule has 0 radical (unpaired) electrons. The van der Waals surface area contributed by atoms with Gasteiger partial charge in [-0.2, -0.15) is 4.36 Å². The molecule has 0 aromatic heterocycles. The molecule has 0 saturated carbocycles. The molecule has 0 fully saturated rings. The average Bonchev–Trinajstić information content (AvgIpc) is 2.18. The van der Waals surface area contributed by atoms with Gasteiger partial charge in [-0.1, -0.05) is 29.3 Å². The van der Waals surface area contributed by atoms with E-state index in [0.29, 0.717) is 28.7 Å². The Bertz CT molecular complexity index is 371. The highest BCUT2D eigenvalue weighted by molar-refractivity contribution is 7.47. The number of hydrogen-bond donors (Lipinski definition) is 1. The van der Waals surface area contributed by atoms with Crippen LogP contribution in [-0.2, 0) is 23.8 Å². The van der Waals surface area contributed by atoms with Crippen LogP contribution in [0.25, 0.3) is 0 Å². The minimum absolute atomic E-state index is 0.331. The average molecular weight is 249 g/mol. The van der Waals surface area contributed by atoms with Crippen molar-refractivity contribution >= 4 is 47.7 Å². The smallest absolute Gasteiger partial charge is 0.207 e. The summed E-state index contributed by atoms with van der Waals surface area (Å²) >= 11 is 16.3. The van der Waals surface area contributed by atoms with E-state index in [1.807, 2.05) is 0 Å². The summed E-state index contributed by atoms with van der Waals surface area (Å²) in [5.41, 5.74) is 1.10. The largest absolute Gasteiger partial charge is 0.355 e. The van der Waals surface area contributed by atoms with E-state index in [2.05, 4.69) is 22.1 Å². The fourth-order valence-electron chi connectivity index (χ4n) is 0.955. The molecule has 0 saturated heterocycles. The number of nitrogens with one attached hydrogen (secondary N) is 1. The van der Waals surface area contributed by atoms with Gasteiger partial charge in [-0.15, -0.1) is 0 Å². The van der Waals surface area contributed by atoms with Crippen LogP contribution in [0.15, 0.2) is 16.5 Å². The second kappa shape index (κ2) is 5.24. The SMILES string of the molecule is O=CNCc1ccc(Cl)c(N=S)c1Cl. The lowest BCUT2D eigenvalue weighted by Gasteiger charge is -2.06. The molecule has 0 heterocycles. The molecule has 6 heteroatoms. The molecule has 0 spiro atoms. The van der Waals surface area contributed by atoms with E-state index in [1.54, 1.807) is 12.1 Å². The summed E-state index contributed by atoms with van der Waals surface area (Å²) in [6, 6.07) is 3.35. The van der Waals surface area contributed by atoms with Crippen molar-refractivity contribution in [3.8, 4) is 0 Å². The number of carbonyl (C=O) groups is 1. The summed E-state index contributed by atoms with van der Waals surface area (Å²) in [7, 11) is 0. The third-order valence-electron chi connectivity index (χ3n) is 1.61. The Balaban J connectivity index is 3.07. The van der Waals surface area contributed by atoms with Gasteiger partial charge in [0.25, 0.3) is 0 Å². The van der Waals surface area contributed by atoms with Crippen molar-refractivity contribution in [1.29, 1.82) is 0 Å². The van der Waals surface area contributed by atoms with Crippen molar-refractivity contribution in [3.05, 3.63) is 27.7 Å². The van der Waals surface area contributed by atoms with Crippen molar-refractivity contribution in [3.63, 3.8) is 0 Å². The maximum Gasteiger partial charge on any atom is 0.207 e. The Hall–Kier alpha value is -0.710. The van der Waals surface area contributed by atoms with Crippen molar-refractivity contribution < 1.29 is 4.79 Å². The van der Waals surface area contributed by atoms with Crippen LogP contribution in [0.1, 0.15) is 5.56 Å². The number of rotatable bonds is 4. The van der Waals surface area contributed by atoms with E-state index in [1.165, 1.54) is 0 Å². The fourth-order valence-corrected chi connectivity index (χ4v) is 1.77. The number of halogens is 2. The third kappa shape index (κ3) is 2.41. The quantitative estimate of drug-likeness (QED) is 0.833. The van der Waals surface area contributed by atoms with Crippen molar-refractivity contribution in [1.82, 2.24) is 5.32 Å². The zero-order valence-electron chi connectivity index (χ0n) is 6.96. The van der Waals surface area contributed by atoms with Gasteiger partial charge in [-0.05, 0) is 11.6 Å². The molecule has 1 aromatic carbocycles. The first-order valence-electron chi connectivity index (χ1n) is 3.68. The van der Waals surface area contributed by atoms with Gasteiger partial charge in [0, 0.05) is 19.0 Å². The second-order valence-corrected chi connectivity index (χ2v) is 3.43. The minimum atomic E-state index is 0.331. The Morgan fingerprint density at radius 1 is 1.50 bits per heavy atom. The highest BCUT2D eigenvalue weighted by atomic mass is 35.5. The van der Waals surface area contributed by atoms with Gasteiger partial charge in [0.05, 0.1) is 10.0 Å². The van der Waals surface area contributed by atoms with E-state index in [9.17, 15) is 4.79 Å². The summed E-state index contributed by atoms with van der Waals surface area (Å²) in [5, 5.41) is 3.27. The topological polar surface area (TPSA) is 41.5 Å². The normalized spacial score (nSPS) is 9.57. The lowest BCUT2D eigenvalue weighted by molar-refractivity contribution is -0.109. The molecular formula is C8H6Cl2N2OS. The summed E-state index contributed by atoms with van der Waals surface area (Å²) in [5.74, 6) is 0. The highest BCUT2D eigenvalue weighted by Crippen LogP contribution is 2.35. The van der Waals surface area contributed by atoms with E-state index in [-0.39, 0.29) is 0 Å². The standard InChI is InChI=1S/C8H6Cl2N2OS/c9-6-2-1-5(3-11-4-13)7(10)8(6)12-14/h1-2,4H,3H2,(H,11,13). The zero-order chi connectivity index (χ0) is 10.6. The van der Waals surface area contributed by atoms with E-state index in [4.69, 9.17) is 23.2 Å². The van der Waals surface area contributed by atoms with Crippen LogP contribution in [-0.4, -0.2) is 6.41 Å². The molecule has 3 nitrogen and oxygen atoms in total. The first-order valence-corrected chi connectivity index (χ1v) is 4.80. The van der Waals surface area contributed by atoms with E-state index >= 15 is 0 Å². The van der Waals surface area contributed by atoms with E-state index in [0.717, 1.165) is 5.56 Å². The van der Waals surface area contributed by atoms with Gasteiger partial charge in [-0.25, -0.2) is 0 Å². The minimum Gasteiger partial charge on any atom is -0.355 e. The molecular weight excluding hydrogens is 243 g/mol. The van der Waals surface area contributed by atoms with Gasteiger partial charge in [0.1, 0.15) is 5.69 Å². The summed E-state index contributed by atoms with van der Waals surface area (Å²) in [6.07, 6.45) is 0.593. The molecule has 0 aliphatic heterocycles. The highest BCUT2D eigenvalue weighted by Gasteiger charge is 2.09. The third-order valence-corrected chi connectivity index (χ3v) is 2.52. The van der Waals surface area contributed by atoms with Crippen molar-refractivity contribution in [2.24, 2.45) is 4.36 Å². The first kappa shape index (κ1) is 11.4. The lowest BCUT2D eigenvalue weighted by Crippen LogP contribution is -2.09. The van der Waals surface area contributed by atoms with Gasteiger partial charge in [-0.3, -0.25) is 4.79 Å². The predicted octanol–water partition coefficient (Wildman–Crippen LogP) is 2.60. The molecule has 0 atom stereocenters. The first-order chi connectivity index (χ1) is 6.70. The molecule has 1 rings (SSSR count). The lowest BCUT2D eigenvalue weighted by atomic mass is 10.2. The molecule has 74 valence electrons. The fraction of sp³-hybridized carbons (Fsp3) is 0.125. The van der Waals surface area contributed by atoms with Crippen molar-refractivity contribution in [2.75, 3.05) is 0 Å². The number of hydrogen-bond acceptors (Lipinski definition) is 3. The maximum absolute atomic E-state index is 10.1. The Morgan fingerprint density at radius 2 is 2.21 bits per heavy atom. The molecule has 0 bridgehead atoms. The number of benzene rings is 1. The van der Waals surface area contributed by atoms with Gasteiger partial charge in [0.2, 0.25) is 6.41 Å². The molecule has 1 N–H and O–H groups in total. The van der Waals surface area contributed by atoms with Crippen LogP contribution in [0.2, 0.25) is 10.0 Å². The number of nitrogens with zero attached hydrogens (tertiary/aromatic N) is 1.